The second kappa shape index (κ2) is 7.60. The molecule has 3 heteroatoms. The van der Waals surface area contributed by atoms with Crippen LogP contribution in [0.15, 0.2) is 55.1 Å². The average molecular weight is 283 g/mol. The summed E-state index contributed by atoms with van der Waals surface area (Å²) in [6.45, 7) is 4.06. The molecule has 0 spiro atoms. The molecule has 0 aliphatic heterocycles. The quantitative estimate of drug-likeness (QED) is 0.766. The van der Waals surface area contributed by atoms with Crippen LogP contribution in [0.2, 0.25) is 0 Å². The zero-order valence-electron chi connectivity index (χ0n) is 12.1. The number of hydrogen-bond acceptors (Lipinski definition) is 2. The summed E-state index contributed by atoms with van der Waals surface area (Å²) in [5.74, 6) is 0.0000183. The number of fused-ring (bicyclic) bond motifs is 1. The Morgan fingerprint density at radius 3 is 2.81 bits per heavy atom. The lowest BCUT2D eigenvalue weighted by Gasteiger charge is -2.14. The van der Waals surface area contributed by atoms with Crippen LogP contribution < -0.4 is 5.32 Å². The Hall–Kier alpha value is -2.13. The first-order valence-electron chi connectivity index (χ1n) is 7.25. The molecule has 2 rings (SSSR count). The number of aliphatic hydroxyl groups is 1. The van der Waals surface area contributed by atoms with Crippen LogP contribution in [0.25, 0.3) is 10.8 Å². The summed E-state index contributed by atoms with van der Waals surface area (Å²) in [6.07, 6.45) is 2.79. The SMILES string of the molecule is C=CCCC(=O)NCCC(O)c1cccc2ccccc12. The molecule has 0 saturated carbocycles. The molecule has 2 aromatic carbocycles. The summed E-state index contributed by atoms with van der Waals surface area (Å²) in [4.78, 5) is 11.5. The van der Waals surface area contributed by atoms with E-state index in [9.17, 15) is 9.90 Å². The number of aliphatic hydroxyl groups excluding tert-OH is 1. The number of amides is 1. The molecular weight excluding hydrogens is 262 g/mol. The summed E-state index contributed by atoms with van der Waals surface area (Å²) in [5, 5.41) is 15.3. The lowest BCUT2D eigenvalue weighted by molar-refractivity contribution is -0.121. The van der Waals surface area contributed by atoms with E-state index in [-0.39, 0.29) is 5.91 Å². The van der Waals surface area contributed by atoms with Gasteiger partial charge in [-0.25, -0.2) is 0 Å². The minimum absolute atomic E-state index is 0.0000183. The van der Waals surface area contributed by atoms with Gasteiger partial charge in [0.05, 0.1) is 6.10 Å². The molecule has 2 aromatic rings. The first-order valence-corrected chi connectivity index (χ1v) is 7.25. The van der Waals surface area contributed by atoms with Gasteiger partial charge in [-0.1, -0.05) is 48.5 Å². The number of hydrogen-bond donors (Lipinski definition) is 2. The van der Waals surface area contributed by atoms with Crippen LogP contribution >= 0.6 is 0 Å². The second-order valence-corrected chi connectivity index (χ2v) is 5.05. The Labute approximate surface area is 125 Å². The fraction of sp³-hybridized carbons (Fsp3) is 0.278. The molecule has 1 amide bonds. The van der Waals surface area contributed by atoms with Gasteiger partial charge in [0.1, 0.15) is 0 Å². The van der Waals surface area contributed by atoms with Crippen molar-refractivity contribution in [1.29, 1.82) is 0 Å². The smallest absolute Gasteiger partial charge is 0.220 e. The van der Waals surface area contributed by atoms with Crippen LogP contribution in [0.1, 0.15) is 30.9 Å². The first kappa shape index (κ1) is 15.3. The van der Waals surface area contributed by atoms with Gasteiger partial charge >= 0.3 is 0 Å². The Morgan fingerprint density at radius 1 is 1.24 bits per heavy atom. The molecule has 0 bridgehead atoms. The van der Waals surface area contributed by atoms with Gasteiger partial charge in [-0.05, 0) is 29.2 Å². The fourth-order valence-electron chi connectivity index (χ4n) is 2.37. The van der Waals surface area contributed by atoms with E-state index in [1.54, 1.807) is 6.08 Å². The Kier molecular flexibility index (Phi) is 5.52. The van der Waals surface area contributed by atoms with Crippen molar-refractivity contribution in [1.82, 2.24) is 5.32 Å². The van der Waals surface area contributed by atoms with Crippen molar-refractivity contribution in [3.63, 3.8) is 0 Å². The number of benzene rings is 2. The van der Waals surface area contributed by atoms with Crippen LogP contribution in [-0.4, -0.2) is 17.6 Å². The number of nitrogens with one attached hydrogen (secondary N) is 1. The molecule has 0 aliphatic carbocycles. The molecule has 2 N–H and O–H groups in total. The minimum atomic E-state index is -0.573. The van der Waals surface area contributed by atoms with Gasteiger partial charge in [-0.2, -0.15) is 0 Å². The lowest BCUT2D eigenvalue weighted by atomic mass is 9.99. The van der Waals surface area contributed by atoms with Gasteiger partial charge in [0.25, 0.3) is 0 Å². The van der Waals surface area contributed by atoms with E-state index in [0.717, 1.165) is 16.3 Å². The Morgan fingerprint density at radius 2 is 2.00 bits per heavy atom. The summed E-state index contributed by atoms with van der Waals surface area (Å²) in [5.41, 5.74) is 0.911. The third-order valence-corrected chi connectivity index (χ3v) is 3.50. The van der Waals surface area contributed by atoms with Crippen LogP contribution in [0.5, 0.6) is 0 Å². The summed E-state index contributed by atoms with van der Waals surface area (Å²) >= 11 is 0. The van der Waals surface area contributed by atoms with E-state index in [4.69, 9.17) is 0 Å². The first-order chi connectivity index (χ1) is 10.2. The van der Waals surface area contributed by atoms with E-state index in [1.165, 1.54) is 0 Å². The lowest BCUT2D eigenvalue weighted by Crippen LogP contribution is -2.25. The van der Waals surface area contributed by atoms with Gasteiger partial charge < -0.3 is 10.4 Å². The molecule has 0 fully saturated rings. The van der Waals surface area contributed by atoms with E-state index >= 15 is 0 Å². The number of allylic oxidation sites excluding steroid dienone is 1. The van der Waals surface area contributed by atoms with Crippen molar-refractivity contribution in [2.75, 3.05) is 6.54 Å². The zero-order chi connectivity index (χ0) is 15.1. The van der Waals surface area contributed by atoms with Crippen molar-refractivity contribution in [3.05, 3.63) is 60.7 Å². The maximum absolute atomic E-state index is 11.5. The predicted molar refractivity (Wildman–Crippen MR) is 86.0 cm³/mol. The van der Waals surface area contributed by atoms with E-state index < -0.39 is 6.10 Å². The highest BCUT2D eigenvalue weighted by molar-refractivity contribution is 5.86. The normalized spacial score (nSPS) is 12.0. The van der Waals surface area contributed by atoms with Crippen molar-refractivity contribution < 1.29 is 9.90 Å². The number of carbonyl (C=O) groups is 1. The maximum Gasteiger partial charge on any atom is 0.220 e. The van der Waals surface area contributed by atoms with Crippen LogP contribution in [-0.2, 0) is 4.79 Å². The summed E-state index contributed by atoms with van der Waals surface area (Å²) in [6, 6.07) is 13.9. The van der Waals surface area contributed by atoms with Gasteiger partial charge in [0, 0.05) is 13.0 Å². The van der Waals surface area contributed by atoms with E-state index in [2.05, 4.69) is 11.9 Å². The Bertz CT molecular complexity index is 616. The van der Waals surface area contributed by atoms with Crippen molar-refractivity contribution >= 4 is 16.7 Å². The topological polar surface area (TPSA) is 49.3 Å². The maximum atomic E-state index is 11.5. The standard InChI is InChI=1S/C18H21NO2/c1-2-3-11-18(21)19-13-12-17(20)16-10-6-8-14-7-4-5-9-15(14)16/h2,4-10,17,20H,1,3,11-13H2,(H,19,21). The molecule has 1 atom stereocenters. The third-order valence-electron chi connectivity index (χ3n) is 3.50. The predicted octanol–water partition coefficient (Wildman–Crippen LogP) is 3.35. The number of rotatable bonds is 7. The molecule has 3 nitrogen and oxygen atoms in total. The molecule has 1 unspecified atom stereocenters. The van der Waals surface area contributed by atoms with Crippen LogP contribution in [0.4, 0.5) is 0 Å². The molecular formula is C18H21NO2. The highest BCUT2D eigenvalue weighted by Crippen LogP contribution is 2.25. The van der Waals surface area contributed by atoms with Crippen LogP contribution in [0.3, 0.4) is 0 Å². The average Bonchev–Trinajstić information content (AvgIpc) is 2.52. The molecule has 0 heterocycles. The van der Waals surface area contributed by atoms with Gasteiger partial charge in [-0.15, -0.1) is 6.58 Å². The molecule has 0 aliphatic rings. The van der Waals surface area contributed by atoms with Gasteiger partial charge in [-0.3, -0.25) is 4.79 Å². The van der Waals surface area contributed by atoms with E-state index in [1.807, 2.05) is 42.5 Å². The number of carbonyl (C=O) groups excluding carboxylic acids is 1. The highest BCUT2D eigenvalue weighted by atomic mass is 16.3. The van der Waals surface area contributed by atoms with Gasteiger partial charge in [0.2, 0.25) is 5.91 Å². The van der Waals surface area contributed by atoms with E-state index in [0.29, 0.717) is 25.8 Å². The third kappa shape index (κ3) is 4.17. The minimum Gasteiger partial charge on any atom is -0.388 e. The van der Waals surface area contributed by atoms with Crippen molar-refractivity contribution in [2.24, 2.45) is 0 Å². The molecule has 0 saturated heterocycles. The molecule has 0 radical (unpaired) electrons. The molecule has 0 aromatic heterocycles. The highest BCUT2D eigenvalue weighted by Gasteiger charge is 2.11. The summed E-state index contributed by atoms with van der Waals surface area (Å²) in [7, 11) is 0. The molecule has 21 heavy (non-hydrogen) atoms. The zero-order valence-corrected chi connectivity index (χ0v) is 12.1. The van der Waals surface area contributed by atoms with Crippen LogP contribution in [0, 0.1) is 0 Å². The van der Waals surface area contributed by atoms with Crippen molar-refractivity contribution in [2.45, 2.75) is 25.4 Å². The molecule has 110 valence electrons. The monoisotopic (exact) mass is 283 g/mol. The fourth-order valence-corrected chi connectivity index (χ4v) is 2.37. The Balaban J connectivity index is 1.95. The van der Waals surface area contributed by atoms with Gasteiger partial charge in [0.15, 0.2) is 0 Å². The second-order valence-electron chi connectivity index (χ2n) is 5.05. The largest absolute Gasteiger partial charge is 0.388 e. The van der Waals surface area contributed by atoms with Crippen molar-refractivity contribution in [3.8, 4) is 0 Å². The summed E-state index contributed by atoms with van der Waals surface area (Å²) < 4.78 is 0.